The predicted octanol–water partition coefficient (Wildman–Crippen LogP) is 1.62. The molecule has 1 amide bonds. The summed E-state index contributed by atoms with van der Waals surface area (Å²) in [4.78, 5) is 17.0. The van der Waals surface area contributed by atoms with Gasteiger partial charge in [-0.3, -0.25) is 4.79 Å². The molecule has 0 aliphatic carbocycles. The monoisotopic (exact) mass is 334 g/mol. The van der Waals surface area contributed by atoms with Gasteiger partial charge in [0.2, 0.25) is 0 Å². The molecule has 0 radical (unpaired) electrons. The van der Waals surface area contributed by atoms with E-state index in [1.165, 1.54) is 6.42 Å². The predicted molar refractivity (Wildman–Crippen MR) is 87.9 cm³/mol. The number of carbonyl (C=O) groups is 1. The summed E-state index contributed by atoms with van der Waals surface area (Å²) in [6.45, 7) is 6.96. The van der Waals surface area contributed by atoms with Gasteiger partial charge in [-0.2, -0.15) is 0 Å². The number of nitrogens with zero attached hydrogens (tertiary/aromatic N) is 2. The standard InChI is InChI=1S/C18H26N2O4/c21-17(16-2-1-9-23-16)20-8-11-24-18(14-20)4-6-19(7-5-18)12-15-3-10-22-13-15/h1-2,9,15H,3-8,10-14H2/t15-/m1/s1. The Morgan fingerprint density at radius 3 is 2.83 bits per heavy atom. The van der Waals surface area contributed by atoms with Crippen LogP contribution < -0.4 is 0 Å². The van der Waals surface area contributed by atoms with Gasteiger partial charge in [0.05, 0.1) is 31.6 Å². The van der Waals surface area contributed by atoms with E-state index in [0.717, 1.165) is 45.7 Å². The fourth-order valence-electron chi connectivity index (χ4n) is 4.11. The minimum absolute atomic E-state index is 0.0202. The number of carbonyl (C=O) groups excluding carboxylic acids is 1. The fourth-order valence-corrected chi connectivity index (χ4v) is 4.11. The number of likely N-dealkylation sites (tertiary alicyclic amines) is 1. The molecule has 3 aliphatic rings. The van der Waals surface area contributed by atoms with Crippen LogP contribution in [0.25, 0.3) is 0 Å². The summed E-state index contributed by atoms with van der Waals surface area (Å²) in [6, 6.07) is 3.49. The van der Waals surface area contributed by atoms with Gasteiger partial charge in [-0.05, 0) is 37.3 Å². The minimum Gasteiger partial charge on any atom is -0.459 e. The van der Waals surface area contributed by atoms with Crippen molar-refractivity contribution in [1.29, 1.82) is 0 Å². The first-order valence-electron chi connectivity index (χ1n) is 9.01. The highest BCUT2D eigenvalue weighted by Crippen LogP contribution is 2.31. The molecule has 4 heterocycles. The van der Waals surface area contributed by atoms with Crippen molar-refractivity contribution in [1.82, 2.24) is 9.80 Å². The van der Waals surface area contributed by atoms with Crippen LogP contribution in [-0.2, 0) is 9.47 Å². The molecule has 1 aromatic rings. The highest BCUT2D eigenvalue weighted by Gasteiger charge is 2.41. The van der Waals surface area contributed by atoms with Crippen LogP contribution in [0.3, 0.4) is 0 Å². The third kappa shape index (κ3) is 3.36. The van der Waals surface area contributed by atoms with Crippen molar-refractivity contribution in [2.24, 2.45) is 5.92 Å². The van der Waals surface area contributed by atoms with E-state index in [1.807, 2.05) is 4.90 Å². The van der Waals surface area contributed by atoms with Crippen molar-refractivity contribution in [2.75, 3.05) is 52.5 Å². The van der Waals surface area contributed by atoms with Crippen LogP contribution >= 0.6 is 0 Å². The first-order chi connectivity index (χ1) is 11.7. The smallest absolute Gasteiger partial charge is 0.289 e. The van der Waals surface area contributed by atoms with E-state index in [0.29, 0.717) is 31.4 Å². The van der Waals surface area contributed by atoms with Gasteiger partial charge in [0, 0.05) is 32.8 Å². The number of ether oxygens (including phenoxy) is 2. The fraction of sp³-hybridized carbons (Fsp3) is 0.722. The number of rotatable bonds is 3. The maximum atomic E-state index is 12.5. The Labute approximate surface area is 142 Å². The molecule has 3 saturated heterocycles. The van der Waals surface area contributed by atoms with Gasteiger partial charge in [0.1, 0.15) is 0 Å². The highest BCUT2D eigenvalue weighted by atomic mass is 16.5. The van der Waals surface area contributed by atoms with Gasteiger partial charge in [-0.1, -0.05) is 0 Å². The molecule has 1 spiro atoms. The zero-order valence-electron chi connectivity index (χ0n) is 14.1. The van der Waals surface area contributed by atoms with Crippen LogP contribution in [0, 0.1) is 5.92 Å². The molecule has 6 heteroatoms. The molecule has 132 valence electrons. The largest absolute Gasteiger partial charge is 0.459 e. The number of piperidine rings is 1. The van der Waals surface area contributed by atoms with Gasteiger partial charge in [-0.25, -0.2) is 0 Å². The molecule has 0 unspecified atom stereocenters. The van der Waals surface area contributed by atoms with Crippen molar-refractivity contribution >= 4 is 5.91 Å². The molecule has 0 saturated carbocycles. The summed E-state index contributed by atoms with van der Waals surface area (Å²) in [7, 11) is 0. The van der Waals surface area contributed by atoms with Crippen molar-refractivity contribution < 1.29 is 18.7 Å². The first-order valence-corrected chi connectivity index (χ1v) is 9.01. The summed E-state index contributed by atoms with van der Waals surface area (Å²) >= 11 is 0. The van der Waals surface area contributed by atoms with E-state index >= 15 is 0 Å². The summed E-state index contributed by atoms with van der Waals surface area (Å²) in [5.74, 6) is 1.09. The van der Waals surface area contributed by atoms with E-state index in [2.05, 4.69) is 4.90 Å². The van der Waals surface area contributed by atoms with Crippen LogP contribution in [0.15, 0.2) is 22.8 Å². The zero-order valence-corrected chi connectivity index (χ0v) is 14.1. The summed E-state index contributed by atoms with van der Waals surface area (Å²) in [5.41, 5.74) is -0.177. The Bertz CT molecular complexity index is 545. The molecule has 6 nitrogen and oxygen atoms in total. The van der Waals surface area contributed by atoms with Crippen molar-refractivity contribution in [2.45, 2.75) is 24.9 Å². The summed E-state index contributed by atoms with van der Waals surface area (Å²) in [6.07, 6.45) is 4.71. The Morgan fingerprint density at radius 2 is 2.12 bits per heavy atom. The number of amides is 1. The molecule has 24 heavy (non-hydrogen) atoms. The highest BCUT2D eigenvalue weighted by molar-refractivity contribution is 5.91. The molecule has 3 aliphatic heterocycles. The lowest BCUT2D eigenvalue weighted by Gasteiger charge is -2.47. The molecule has 0 aromatic carbocycles. The van der Waals surface area contributed by atoms with E-state index < -0.39 is 0 Å². The van der Waals surface area contributed by atoms with Crippen LogP contribution in [-0.4, -0.2) is 73.9 Å². The number of hydrogen-bond acceptors (Lipinski definition) is 5. The maximum Gasteiger partial charge on any atom is 0.289 e. The average molecular weight is 334 g/mol. The van der Waals surface area contributed by atoms with Crippen LogP contribution in [0.2, 0.25) is 0 Å². The van der Waals surface area contributed by atoms with E-state index in [-0.39, 0.29) is 11.5 Å². The molecule has 4 rings (SSSR count). The lowest BCUT2D eigenvalue weighted by Crippen LogP contribution is -2.58. The van der Waals surface area contributed by atoms with Gasteiger partial charge in [-0.15, -0.1) is 0 Å². The Hall–Kier alpha value is -1.37. The molecular formula is C18H26N2O4. The topological polar surface area (TPSA) is 55.2 Å². The van der Waals surface area contributed by atoms with Crippen molar-refractivity contribution in [3.8, 4) is 0 Å². The lowest BCUT2D eigenvalue weighted by molar-refractivity contribution is -0.128. The minimum atomic E-state index is -0.177. The van der Waals surface area contributed by atoms with Crippen molar-refractivity contribution in [3.05, 3.63) is 24.2 Å². The normalized spacial score (nSPS) is 27.7. The second-order valence-corrected chi connectivity index (χ2v) is 7.27. The molecule has 0 bridgehead atoms. The third-order valence-electron chi connectivity index (χ3n) is 5.58. The van der Waals surface area contributed by atoms with E-state index in [4.69, 9.17) is 13.9 Å². The lowest BCUT2D eigenvalue weighted by atomic mass is 9.88. The number of morpholine rings is 1. The van der Waals surface area contributed by atoms with Gasteiger partial charge >= 0.3 is 0 Å². The van der Waals surface area contributed by atoms with Gasteiger partial charge in [0.15, 0.2) is 5.76 Å². The molecule has 0 N–H and O–H groups in total. The number of hydrogen-bond donors (Lipinski definition) is 0. The quantitative estimate of drug-likeness (QED) is 0.841. The SMILES string of the molecule is O=C(c1ccco1)N1CCOC2(CCN(C[C@H]3CCOC3)CC2)C1. The van der Waals surface area contributed by atoms with E-state index in [9.17, 15) is 4.79 Å². The van der Waals surface area contributed by atoms with Crippen molar-refractivity contribution in [3.63, 3.8) is 0 Å². The molecule has 1 atom stereocenters. The Morgan fingerprint density at radius 1 is 1.25 bits per heavy atom. The zero-order chi connectivity index (χ0) is 16.4. The summed E-state index contributed by atoms with van der Waals surface area (Å²) in [5, 5.41) is 0. The third-order valence-corrected chi connectivity index (χ3v) is 5.58. The summed E-state index contributed by atoms with van der Waals surface area (Å²) < 4.78 is 16.9. The van der Waals surface area contributed by atoms with Crippen LogP contribution in [0.1, 0.15) is 29.8 Å². The van der Waals surface area contributed by atoms with Gasteiger partial charge in [0.25, 0.3) is 5.91 Å². The Balaban J connectivity index is 1.33. The van der Waals surface area contributed by atoms with Crippen LogP contribution in [0.5, 0.6) is 0 Å². The number of furan rings is 1. The first kappa shape index (κ1) is 16.1. The maximum absolute atomic E-state index is 12.5. The second-order valence-electron chi connectivity index (χ2n) is 7.27. The molecule has 3 fully saturated rings. The molecular weight excluding hydrogens is 308 g/mol. The van der Waals surface area contributed by atoms with Gasteiger partial charge < -0.3 is 23.7 Å². The second kappa shape index (κ2) is 6.86. The Kier molecular flexibility index (Phi) is 4.61. The van der Waals surface area contributed by atoms with E-state index in [1.54, 1.807) is 18.4 Å². The average Bonchev–Trinajstić information content (AvgIpc) is 3.30. The van der Waals surface area contributed by atoms with Crippen LogP contribution in [0.4, 0.5) is 0 Å². The molecule has 1 aromatic heterocycles.